The summed E-state index contributed by atoms with van der Waals surface area (Å²) in [5.74, 6) is -0.954. The van der Waals surface area contributed by atoms with Crippen molar-refractivity contribution in [2.24, 2.45) is 5.92 Å². The molecule has 3 rings (SSSR count). The number of rotatable bonds is 1. The zero-order valence-electron chi connectivity index (χ0n) is 13.3. The summed E-state index contributed by atoms with van der Waals surface area (Å²) in [7, 11) is 0. The van der Waals surface area contributed by atoms with Gasteiger partial charge in [-0.15, -0.1) is 0 Å². The summed E-state index contributed by atoms with van der Waals surface area (Å²) in [6.07, 6.45) is 3.92. The van der Waals surface area contributed by atoms with Gasteiger partial charge in [-0.25, -0.2) is 0 Å². The van der Waals surface area contributed by atoms with E-state index in [1.807, 2.05) is 50.3 Å². The minimum absolute atomic E-state index is 0.102. The van der Waals surface area contributed by atoms with Gasteiger partial charge in [-0.1, -0.05) is 17.7 Å². The third kappa shape index (κ3) is 2.03. The van der Waals surface area contributed by atoms with Crippen LogP contribution in [-0.2, 0) is 0 Å². The van der Waals surface area contributed by atoms with Crippen molar-refractivity contribution in [3.05, 3.63) is 51.1 Å². The van der Waals surface area contributed by atoms with E-state index in [0.29, 0.717) is 5.57 Å². The quantitative estimate of drug-likeness (QED) is 0.730. The Morgan fingerprint density at radius 2 is 1.62 bits per heavy atom. The van der Waals surface area contributed by atoms with Crippen molar-refractivity contribution in [3.63, 3.8) is 0 Å². The van der Waals surface area contributed by atoms with E-state index in [-0.39, 0.29) is 11.5 Å². The summed E-state index contributed by atoms with van der Waals surface area (Å²) in [6, 6.07) is 12.0. The van der Waals surface area contributed by atoms with Crippen LogP contribution in [0.15, 0.2) is 28.9 Å². The van der Waals surface area contributed by atoms with Crippen LogP contribution in [0.2, 0.25) is 0 Å². The highest BCUT2D eigenvalue weighted by atomic mass is 14.4. The Balaban J connectivity index is 2.23. The van der Waals surface area contributed by atoms with Crippen LogP contribution in [0, 0.1) is 51.2 Å². The molecule has 1 aromatic carbocycles. The van der Waals surface area contributed by atoms with Gasteiger partial charge in [0.1, 0.15) is 23.6 Å². The maximum absolute atomic E-state index is 9.25. The average Bonchev–Trinajstić information content (AvgIpc) is 3.05. The number of fused-ring (bicyclic) bond motifs is 2. The zero-order valence-corrected chi connectivity index (χ0v) is 13.3. The second-order valence-electron chi connectivity index (χ2n) is 5.97. The van der Waals surface area contributed by atoms with Gasteiger partial charge in [0.2, 0.25) is 0 Å². The molecule has 0 aromatic heterocycles. The maximum atomic E-state index is 9.25. The van der Waals surface area contributed by atoms with Gasteiger partial charge in [0, 0.05) is 11.5 Å². The molecule has 112 valence electrons. The highest BCUT2D eigenvalue weighted by Crippen LogP contribution is 2.46. The fraction of sp³-hybridized carbons (Fsp3) is 0.200. The largest absolute Gasteiger partial charge is 0.197 e. The van der Waals surface area contributed by atoms with Gasteiger partial charge in [-0.05, 0) is 53.8 Å². The molecule has 0 aliphatic heterocycles. The van der Waals surface area contributed by atoms with E-state index in [9.17, 15) is 21.0 Å². The van der Waals surface area contributed by atoms with Gasteiger partial charge in [-0.3, -0.25) is 0 Å². The van der Waals surface area contributed by atoms with E-state index in [0.717, 1.165) is 33.4 Å². The van der Waals surface area contributed by atoms with Gasteiger partial charge in [0.05, 0.1) is 12.1 Å². The van der Waals surface area contributed by atoms with Crippen molar-refractivity contribution >= 4 is 17.7 Å². The molecule has 2 aliphatic rings. The first-order valence-corrected chi connectivity index (χ1v) is 7.44. The van der Waals surface area contributed by atoms with E-state index in [1.54, 1.807) is 0 Å². The first-order chi connectivity index (χ1) is 11.5. The molecule has 0 N–H and O–H groups in total. The third-order valence-electron chi connectivity index (χ3n) is 4.58. The molecular formula is C20H12N4. The normalized spacial score (nSPS) is 17.0. The molecule has 0 fully saturated rings. The molecule has 4 nitrogen and oxygen atoms in total. The summed E-state index contributed by atoms with van der Waals surface area (Å²) in [5.41, 5.74) is 6.32. The summed E-state index contributed by atoms with van der Waals surface area (Å²) < 4.78 is 0. The lowest BCUT2D eigenvalue weighted by atomic mass is 9.84. The Hall–Kier alpha value is -3.60. The molecule has 0 saturated heterocycles. The molecule has 0 saturated carbocycles. The summed E-state index contributed by atoms with van der Waals surface area (Å²) >= 11 is 0. The molecule has 1 unspecified atom stereocenters. The van der Waals surface area contributed by atoms with E-state index in [2.05, 4.69) is 12.1 Å². The van der Waals surface area contributed by atoms with Crippen molar-refractivity contribution in [1.82, 2.24) is 0 Å². The number of hydrogen-bond donors (Lipinski definition) is 0. The summed E-state index contributed by atoms with van der Waals surface area (Å²) in [4.78, 5) is 0. The molecule has 0 bridgehead atoms. The van der Waals surface area contributed by atoms with Crippen LogP contribution < -0.4 is 0 Å². The fourth-order valence-electron chi connectivity index (χ4n) is 3.57. The van der Waals surface area contributed by atoms with Crippen molar-refractivity contribution in [1.29, 1.82) is 21.0 Å². The van der Waals surface area contributed by atoms with Crippen molar-refractivity contribution < 1.29 is 0 Å². The number of nitriles is 4. The van der Waals surface area contributed by atoms with Crippen molar-refractivity contribution in [2.75, 3.05) is 0 Å². The fourth-order valence-corrected chi connectivity index (χ4v) is 3.57. The lowest BCUT2D eigenvalue weighted by molar-refractivity contribution is 0.708. The Labute approximate surface area is 140 Å². The van der Waals surface area contributed by atoms with Crippen LogP contribution in [0.25, 0.3) is 17.7 Å². The first-order valence-electron chi connectivity index (χ1n) is 7.44. The van der Waals surface area contributed by atoms with E-state index in [4.69, 9.17) is 0 Å². The molecule has 1 atom stereocenters. The predicted octanol–water partition coefficient (Wildman–Crippen LogP) is 4.07. The van der Waals surface area contributed by atoms with Crippen molar-refractivity contribution in [3.8, 4) is 24.3 Å². The van der Waals surface area contributed by atoms with Crippen LogP contribution in [0.1, 0.15) is 42.0 Å². The molecule has 24 heavy (non-hydrogen) atoms. The topological polar surface area (TPSA) is 95.2 Å². The Morgan fingerprint density at radius 3 is 2.21 bits per heavy atom. The van der Waals surface area contributed by atoms with Gasteiger partial charge in [0.25, 0.3) is 0 Å². The molecule has 0 radical (unpaired) electrons. The number of benzene rings is 1. The number of allylic oxidation sites excluding steroid dienone is 4. The minimum atomic E-state index is -0.726. The molecule has 4 heteroatoms. The Kier molecular flexibility index (Phi) is 3.54. The standard InChI is InChI=1S/C20H12N4/c1-11-3-13-5-18-14(4-12(2)20(18)16(9-23)10-24)6-17(13)19(11)15(7-21)8-22/h3-6,15,19H,1-2H3. The van der Waals surface area contributed by atoms with Gasteiger partial charge >= 0.3 is 0 Å². The highest BCUT2D eigenvalue weighted by Gasteiger charge is 2.32. The first kappa shape index (κ1) is 15.3. The average molecular weight is 308 g/mol. The Bertz CT molecular complexity index is 994. The molecule has 0 heterocycles. The lowest BCUT2D eigenvalue weighted by Crippen LogP contribution is -2.09. The van der Waals surface area contributed by atoms with Gasteiger partial charge in [0.15, 0.2) is 0 Å². The summed E-state index contributed by atoms with van der Waals surface area (Å²) in [5, 5.41) is 36.9. The van der Waals surface area contributed by atoms with Crippen LogP contribution in [0.4, 0.5) is 0 Å². The molecule has 0 spiro atoms. The van der Waals surface area contributed by atoms with Crippen molar-refractivity contribution in [2.45, 2.75) is 19.8 Å². The molecular weight excluding hydrogens is 296 g/mol. The number of hydrogen-bond acceptors (Lipinski definition) is 4. The summed E-state index contributed by atoms with van der Waals surface area (Å²) in [6.45, 7) is 3.80. The third-order valence-corrected chi connectivity index (χ3v) is 4.58. The highest BCUT2D eigenvalue weighted by molar-refractivity contribution is 5.99. The predicted molar refractivity (Wildman–Crippen MR) is 89.3 cm³/mol. The monoisotopic (exact) mass is 308 g/mol. The second kappa shape index (κ2) is 5.55. The van der Waals surface area contributed by atoms with Gasteiger partial charge < -0.3 is 0 Å². The van der Waals surface area contributed by atoms with Crippen LogP contribution >= 0.6 is 0 Å². The lowest BCUT2D eigenvalue weighted by Gasteiger charge is -2.16. The van der Waals surface area contributed by atoms with E-state index in [1.165, 1.54) is 0 Å². The van der Waals surface area contributed by atoms with Crippen LogP contribution in [-0.4, -0.2) is 0 Å². The SMILES string of the molecule is CC1=Cc2cc3c(cc2C1=C(C#N)C#N)C=C(C)C3C(C#N)C#N. The van der Waals surface area contributed by atoms with E-state index < -0.39 is 5.92 Å². The van der Waals surface area contributed by atoms with Gasteiger partial charge in [-0.2, -0.15) is 21.0 Å². The van der Waals surface area contributed by atoms with E-state index >= 15 is 0 Å². The second-order valence-corrected chi connectivity index (χ2v) is 5.97. The Morgan fingerprint density at radius 1 is 0.958 bits per heavy atom. The molecule has 0 amide bonds. The maximum Gasteiger partial charge on any atom is 0.143 e. The number of nitrogens with zero attached hydrogens (tertiary/aromatic N) is 4. The minimum Gasteiger partial charge on any atom is -0.197 e. The molecule has 1 aromatic rings. The van der Waals surface area contributed by atoms with Crippen LogP contribution in [0.5, 0.6) is 0 Å². The zero-order chi connectivity index (χ0) is 17.4. The smallest absolute Gasteiger partial charge is 0.143 e. The van der Waals surface area contributed by atoms with Crippen LogP contribution in [0.3, 0.4) is 0 Å². The molecule has 2 aliphatic carbocycles.